The summed E-state index contributed by atoms with van der Waals surface area (Å²) in [6.07, 6.45) is 3.24. The van der Waals surface area contributed by atoms with Gasteiger partial charge in [0.1, 0.15) is 12.4 Å². The molecule has 1 amide bonds. The van der Waals surface area contributed by atoms with E-state index in [0.29, 0.717) is 17.3 Å². The first-order valence-electron chi connectivity index (χ1n) is 8.20. The van der Waals surface area contributed by atoms with Gasteiger partial charge in [-0.05, 0) is 47.5 Å². The van der Waals surface area contributed by atoms with E-state index in [1.54, 1.807) is 30.3 Å². The first-order chi connectivity index (χ1) is 12.7. The Labute approximate surface area is 157 Å². The molecule has 3 aromatic carbocycles. The van der Waals surface area contributed by atoms with Crippen LogP contribution in [0.3, 0.4) is 0 Å². The van der Waals surface area contributed by atoms with Crippen LogP contribution >= 0.6 is 11.6 Å². The average Bonchev–Trinajstić information content (AvgIpc) is 2.66. The fourth-order valence-electron chi connectivity index (χ4n) is 2.34. The van der Waals surface area contributed by atoms with E-state index >= 15 is 0 Å². The van der Waals surface area contributed by atoms with Crippen LogP contribution in [0, 0.1) is 0 Å². The molecular weight excluding hydrogens is 346 g/mol. The Morgan fingerprint density at radius 3 is 2.46 bits per heavy atom. The summed E-state index contributed by atoms with van der Waals surface area (Å²) < 4.78 is 5.75. The molecule has 0 atom stereocenters. The van der Waals surface area contributed by atoms with Gasteiger partial charge in [0.25, 0.3) is 0 Å². The van der Waals surface area contributed by atoms with Crippen LogP contribution in [0.25, 0.3) is 6.08 Å². The molecule has 3 aromatic rings. The van der Waals surface area contributed by atoms with Crippen molar-refractivity contribution in [1.82, 2.24) is 0 Å². The summed E-state index contributed by atoms with van der Waals surface area (Å²) in [6.45, 7) is 0.526. The Balaban J connectivity index is 1.53. The van der Waals surface area contributed by atoms with Crippen LogP contribution < -0.4 is 10.1 Å². The van der Waals surface area contributed by atoms with Gasteiger partial charge in [0, 0.05) is 16.8 Å². The van der Waals surface area contributed by atoms with Crippen LogP contribution in [0.15, 0.2) is 84.9 Å². The topological polar surface area (TPSA) is 38.3 Å². The lowest BCUT2D eigenvalue weighted by molar-refractivity contribution is -0.111. The third-order valence-corrected chi connectivity index (χ3v) is 3.88. The number of hydrogen-bond acceptors (Lipinski definition) is 2. The monoisotopic (exact) mass is 363 g/mol. The summed E-state index contributed by atoms with van der Waals surface area (Å²) in [5.74, 6) is 0.575. The van der Waals surface area contributed by atoms with Crippen molar-refractivity contribution in [2.45, 2.75) is 6.61 Å². The minimum absolute atomic E-state index is 0.211. The highest BCUT2D eigenvalue weighted by Gasteiger charge is 1.99. The van der Waals surface area contributed by atoms with E-state index in [-0.39, 0.29) is 5.91 Å². The van der Waals surface area contributed by atoms with Gasteiger partial charge >= 0.3 is 0 Å². The van der Waals surface area contributed by atoms with Gasteiger partial charge in [-0.2, -0.15) is 0 Å². The molecule has 0 bridgehead atoms. The van der Waals surface area contributed by atoms with Crippen LogP contribution in [0.2, 0.25) is 5.02 Å². The Hall–Kier alpha value is -3.04. The van der Waals surface area contributed by atoms with Gasteiger partial charge in [0.2, 0.25) is 5.91 Å². The normalized spacial score (nSPS) is 10.7. The Bertz CT molecular complexity index is 890. The number of hydrogen-bond donors (Lipinski definition) is 1. The van der Waals surface area contributed by atoms with Gasteiger partial charge in [-0.1, -0.05) is 60.1 Å². The van der Waals surface area contributed by atoms with Crippen LogP contribution in [-0.4, -0.2) is 5.91 Å². The molecule has 0 saturated heterocycles. The second-order valence-corrected chi connectivity index (χ2v) is 6.11. The maximum absolute atomic E-state index is 12.0. The molecule has 3 nitrogen and oxygen atoms in total. The third kappa shape index (κ3) is 5.50. The molecule has 130 valence electrons. The molecular formula is C22H18ClNO2. The zero-order valence-electron chi connectivity index (χ0n) is 14.1. The van der Waals surface area contributed by atoms with Crippen LogP contribution in [0.5, 0.6) is 5.75 Å². The van der Waals surface area contributed by atoms with Gasteiger partial charge < -0.3 is 10.1 Å². The molecule has 26 heavy (non-hydrogen) atoms. The lowest BCUT2D eigenvalue weighted by Gasteiger charge is -2.06. The second-order valence-electron chi connectivity index (χ2n) is 5.68. The summed E-state index contributed by atoms with van der Waals surface area (Å²) in [7, 11) is 0. The number of ether oxygens (including phenoxy) is 1. The zero-order chi connectivity index (χ0) is 18.2. The molecule has 0 aliphatic carbocycles. The molecule has 0 saturated carbocycles. The smallest absolute Gasteiger partial charge is 0.248 e. The SMILES string of the molecule is O=C(/C=C/c1ccc(OCc2ccccc2)cc1)Nc1cccc(Cl)c1. The Kier molecular flexibility index (Phi) is 6.07. The quantitative estimate of drug-likeness (QED) is 0.581. The molecule has 3 rings (SSSR count). The number of nitrogens with one attached hydrogen (secondary N) is 1. The van der Waals surface area contributed by atoms with Gasteiger partial charge in [-0.25, -0.2) is 0 Å². The van der Waals surface area contributed by atoms with E-state index in [4.69, 9.17) is 16.3 Å². The number of rotatable bonds is 6. The van der Waals surface area contributed by atoms with E-state index in [1.807, 2.05) is 54.6 Å². The van der Waals surface area contributed by atoms with Gasteiger partial charge in [-0.15, -0.1) is 0 Å². The molecule has 0 aromatic heterocycles. The summed E-state index contributed by atoms with van der Waals surface area (Å²) in [5, 5.41) is 3.35. The highest BCUT2D eigenvalue weighted by atomic mass is 35.5. The van der Waals surface area contributed by atoms with Crippen molar-refractivity contribution in [3.05, 3.63) is 101 Å². The largest absolute Gasteiger partial charge is 0.489 e. The minimum Gasteiger partial charge on any atom is -0.489 e. The summed E-state index contributed by atoms with van der Waals surface area (Å²) in [6, 6.07) is 24.6. The molecule has 4 heteroatoms. The first kappa shape index (κ1) is 17.8. The van der Waals surface area contributed by atoms with Crippen LogP contribution in [-0.2, 0) is 11.4 Å². The summed E-state index contributed by atoms with van der Waals surface area (Å²) >= 11 is 5.90. The van der Waals surface area contributed by atoms with E-state index in [1.165, 1.54) is 6.08 Å². The maximum Gasteiger partial charge on any atom is 0.248 e. The predicted molar refractivity (Wildman–Crippen MR) is 106 cm³/mol. The number of benzene rings is 3. The fraction of sp³-hybridized carbons (Fsp3) is 0.0455. The van der Waals surface area contributed by atoms with Crippen LogP contribution in [0.4, 0.5) is 5.69 Å². The third-order valence-electron chi connectivity index (χ3n) is 3.65. The maximum atomic E-state index is 12.0. The summed E-state index contributed by atoms with van der Waals surface area (Å²) in [5.41, 5.74) is 2.70. The molecule has 0 heterocycles. The first-order valence-corrected chi connectivity index (χ1v) is 8.58. The van der Waals surface area contributed by atoms with Crippen LogP contribution in [0.1, 0.15) is 11.1 Å². The van der Waals surface area contributed by atoms with Gasteiger partial charge in [0.15, 0.2) is 0 Å². The molecule has 1 N–H and O–H groups in total. The number of amides is 1. The molecule has 0 aliphatic rings. The minimum atomic E-state index is -0.211. The summed E-state index contributed by atoms with van der Waals surface area (Å²) in [4.78, 5) is 12.0. The van der Waals surface area contributed by atoms with Crippen molar-refractivity contribution >= 4 is 29.3 Å². The molecule has 0 radical (unpaired) electrons. The predicted octanol–water partition coefficient (Wildman–Crippen LogP) is 5.57. The molecule has 0 aliphatic heterocycles. The van der Waals surface area contributed by atoms with Crippen molar-refractivity contribution in [1.29, 1.82) is 0 Å². The van der Waals surface area contributed by atoms with Crippen molar-refractivity contribution in [3.8, 4) is 5.75 Å². The van der Waals surface area contributed by atoms with E-state index in [0.717, 1.165) is 16.9 Å². The van der Waals surface area contributed by atoms with E-state index in [2.05, 4.69) is 5.32 Å². The van der Waals surface area contributed by atoms with Crippen molar-refractivity contribution in [2.75, 3.05) is 5.32 Å². The number of anilines is 1. The van der Waals surface area contributed by atoms with Gasteiger partial charge in [0.05, 0.1) is 0 Å². The lowest BCUT2D eigenvalue weighted by atomic mass is 10.2. The number of halogens is 1. The second kappa shape index (κ2) is 8.88. The lowest BCUT2D eigenvalue weighted by Crippen LogP contribution is -2.07. The molecule has 0 spiro atoms. The van der Waals surface area contributed by atoms with Crippen molar-refractivity contribution in [2.24, 2.45) is 0 Å². The zero-order valence-corrected chi connectivity index (χ0v) is 14.8. The van der Waals surface area contributed by atoms with Crippen molar-refractivity contribution < 1.29 is 9.53 Å². The molecule has 0 unspecified atom stereocenters. The highest BCUT2D eigenvalue weighted by molar-refractivity contribution is 6.30. The number of carbonyl (C=O) groups is 1. The van der Waals surface area contributed by atoms with Gasteiger partial charge in [-0.3, -0.25) is 4.79 Å². The van der Waals surface area contributed by atoms with E-state index < -0.39 is 0 Å². The standard InChI is InChI=1S/C22H18ClNO2/c23-19-7-4-8-20(15-19)24-22(25)14-11-17-9-12-21(13-10-17)26-16-18-5-2-1-3-6-18/h1-15H,16H2,(H,24,25)/b14-11+. The fourth-order valence-corrected chi connectivity index (χ4v) is 2.53. The van der Waals surface area contributed by atoms with Crippen molar-refractivity contribution in [3.63, 3.8) is 0 Å². The highest BCUT2D eigenvalue weighted by Crippen LogP contribution is 2.16. The Morgan fingerprint density at radius 2 is 1.73 bits per heavy atom. The van der Waals surface area contributed by atoms with E-state index in [9.17, 15) is 4.79 Å². The Morgan fingerprint density at radius 1 is 0.962 bits per heavy atom. The molecule has 0 fully saturated rings. The average molecular weight is 364 g/mol. The number of carbonyl (C=O) groups excluding carboxylic acids is 1.